The smallest absolute Gasteiger partial charge is 0.406 e. The number of amides is 1. The standard InChI is InChI=1S/C13H17F3N2O2/c1-9(8-17)12(19)18-7-6-10-4-2-3-5-11(10)20-13(14,15)16/h2-5,9H,6-8,17H2,1H3,(H,18,19). The number of nitrogens with one attached hydrogen (secondary N) is 1. The fourth-order valence-electron chi connectivity index (χ4n) is 1.54. The number of benzene rings is 1. The van der Waals surface area contributed by atoms with Crippen LogP contribution >= 0.6 is 0 Å². The first-order valence-electron chi connectivity index (χ1n) is 6.15. The Bertz CT molecular complexity index is 449. The number of alkyl halides is 3. The van der Waals surface area contributed by atoms with Crippen molar-refractivity contribution in [3.05, 3.63) is 29.8 Å². The molecule has 4 nitrogen and oxygen atoms in total. The van der Waals surface area contributed by atoms with E-state index in [1.807, 2.05) is 0 Å². The molecule has 0 saturated heterocycles. The van der Waals surface area contributed by atoms with Crippen molar-refractivity contribution in [3.8, 4) is 5.75 Å². The summed E-state index contributed by atoms with van der Waals surface area (Å²) in [5, 5.41) is 2.62. The zero-order valence-corrected chi connectivity index (χ0v) is 11.0. The van der Waals surface area contributed by atoms with E-state index in [0.717, 1.165) is 0 Å². The molecule has 0 fully saturated rings. The van der Waals surface area contributed by atoms with Crippen LogP contribution in [0.5, 0.6) is 5.75 Å². The van der Waals surface area contributed by atoms with Crippen molar-refractivity contribution in [3.63, 3.8) is 0 Å². The highest BCUT2D eigenvalue weighted by molar-refractivity contribution is 5.78. The SMILES string of the molecule is CC(CN)C(=O)NCCc1ccccc1OC(F)(F)F. The van der Waals surface area contributed by atoms with Crippen LogP contribution in [0.1, 0.15) is 12.5 Å². The largest absolute Gasteiger partial charge is 0.573 e. The first-order valence-corrected chi connectivity index (χ1v) is 6.15. The second-order valence-electron chi connectivity index (χ2n) is 4.33. The first-order chi connectivity index (χ1) is 9.33. The number of nitrogens with two attached hydrogens (primary N) is 1. The van der Waals surface area contributed by atoms with Crippen LogP contribution in [0.4, 0.5) is 13.2 Å². The van der Waals surface area contributed by atoms with Crippen LogP contribution in [0.15, 0.2) is 24.3 Å². The maximum absolute atomic E-state index is 12.2. The number of para-hydroxylation sites is 1. The number of rotatable bonds is 6. The van der Waals surface area contributed by atoms with Gasteiger partial charge in [0.2, 0.25) is 5.91 Å². The molecule has 1 amide bonds. The van der Waals surface area contributed by atoms with Gasteiger partial charge >= 0.3 is 6.36 Å². The monoisotopic (exact) mass is 290 g/mol. The van der Waals surface area contributed by atoms with E-state index in [1.165, 1.54) is 18.2 Å². The highest BCUT2D eigenvalue weighted by Crippen LogP contribution is 2.26. The molecule has 0 aromatic heterocycles. The predicted molar refractivity (Wildman–Crippen MR) is 68.1 cm³/mol. The quantitative estimate of drug-likeness (QED) is 0.840. The normalized spacial score (nSPS) is 12.8. The van der Waals surface area contributed by atoms with Crippen LogP contribution in [0.3, 0.4) is 0 Å². The second-order valence-corrected chi connectivity index (χ2v) is 4.33. The number of hydrogen-bond donors (Lipinski definition) is 2. The van der Waals surface area contributed by atoms with Crippen molar-refractivity contribution in [2.75, 3.05) is 13.1 Å². The van der Waals surface area contributed by atoms with E-state index in [2.05, 4.69) is 10.1 Å². The van der Waals surface area contributed by atoms with Crippen LogP contribution < -0.4 is 15.8 Å². The van der Waals surface area contributed by atoms with Gasteiger partial charge in [-0.15, -0.1) is 13.2 Å². The molecule has 0 radical (unpaired) electrons. The lowest BCUT2D eigenvalue weighted by Gasteiger charge is -2.14. The minimum absolute atomic E-state index is 0.221. The van der Waals surface area contributed by atoms with E-state index in [9.17, 15) is 18.0 Å². The molecule has 3 N–H and O–H groups in total. The summed E-state index contributed by atoms with van der Waals surface area (Å²) in [6, 6.07) is 5.84. The molecule has 1 aromatic rings. The third-order valence-corrected chi connectivity index (χ3v) is 2.69. The number of halogens is 3. The molecule has 7 heteroatoms. The van der Waals surface area contributed by atoms with Crippen molar-refractivity contribution in [2.45, 2.75) is 19.7 Å². The molecular formula is C13H17F3N2O2. The molecule has 20 heavy (non-hydrogen) atoms. The molecule has 1 aromatic carbocycles. The Kier molecular flexibility index (Phi) is 5.82. The van der Waals surface area contributed by atoms with Crippen molar-refractivity contribution in [1.29, 1.82) is 0 Å². The summed E-state index contributed by atoms with van der Waals surface area (Å²) in [5.74, 6) is -0.792. The Hall–Kier alpha value is -1.76. The average molecular weight is 290 g/mol. The van der Waals surface area contributed by atoms with E-state index in [4.69, 9.17) is 5.73 Å². The molecular weight excluding hydrogens is 273 g/mol. The van der Waals surface area contributed by atoms with Crippen molar-refractivity contribution in [2.24, 2.45) is 11.7 Å². The third-order valence-electron chi connectivity index (χ3n) is 2.69. The molecule has 0 saturated carbocycles. The Morgan fingerprint density at radius 2 is 2.05 bits per heavy atom. The minimum Gasteiger partial charge on any atom is -0.406 e. The first kappa shape index (κ1) is 16.3. The lowest BCUT2D eigenvalue weighted by atomic mass is 10.1. The van der Waals surface area contributed by atoms with E-state index in [0.29, 0.717) is 5.56 Å². The summed E-state index contributed by atoms with van der Waals surface area (Å²) >= 11 is 0. The van der Waals surface area contributed by atoms with Crippen LogP contribution in [0.2, 0.25) is 0 Å². The summed E-state index contributed by atoms with van der Waals surface area (Å²) < 4.78 is 40.6. The van der Waals surface area contributed by atoms with Crippen LogP contribution in [0, 0.1) is 5.92 Å². The van der Waals surface area contributed by atoms with Gasteiger partial charge < -0.3 is 15.8 Å². The lowest BCUT2D eigenvalue weighted by molar-refractivity contribution is -0.274. The Morgan fingerprint density at radius 3 is 2.65 bits per heavy atom. The van der Waals surface area contributed by atoms with Crippen LogP contribution in [-0.4, -0.2) is 25.4 Å². The van der Waals surface area contributed by atoms with Gasteiger partial charge in [0.25, 0.3) is 0 Å². The Balaban J connectivity index is 2.58. The summed E-state index contributed by atoms with van der Waals surface area (Å²) in [7, 11) is 0. The Morgan fingerprint density at radius 1 is 1.40 bits per heavy atom. The molecule has 1 atom stereocenters. The van der Waals surface area contributed by atoms with Crippen molar-refractivity contribution in [1.82, 2.24) is 5.32 Å². The van der Waals surface area contributed by atoms with E-state index in [-0.39, 0.29) is 37.1 Å². The zero-order valence-electron chi connectivity index (χ0n) is 11.0. The third kappa shape index (κ3) is 5.48. The molecule has 1 rings (SSSR count). The Labute approximate surface area is 115 Å². The van der Waals surface area contributed by atoms with Gasteiger partial charge in [0, 0.05) is 19.0 Å². The fraction of sp³-hybridized carbons (Fsp3) is 0.462. The number of carbonyl (C=O) groups excluding carboxylic acids is 1. The maximum atomic E-state index is 12.2. The number of hydrogen-bond acceptors (Lipinski definition) is 3. The molecule has 0 aliphatic carbocycles. The molecule has 0 spiro atoms. The van der Waals surface area contributed by atoms with Gasteiger partial charge in [-0.05, 0) is 18.1 Å². The van der Waals surface area contributed by atoms with Gasteiger partial charge in [0.05, 0.1) is 0 Å². The fourth-order valence-corrected chi connectivity index (χ4v) is 1.54. The summed E-state index contributed by atoms with van der Waals surface area (Å²) in [6.45, 7) is 2.12. The second kappa shape index (κ2) is 7.14. The minimum atomic E-state index is -4.73. The molecule has 112 valence electrons. The van der Waals surface area contributed by atoms with Gasteiger partial charge in [-0.25, -0.2) is 0 Å². The predicted octanol–water partition coefficient (Wildman–Crippen LogP) is 1.84. The molecule has 0 aliphatic rings. The van der Waals surface area contributed by atoms with E-state index < -0.39 is 6.36 Å². The topological polar surface area (TPSA) is 64.4 Å². The lowest BCUT2D eigenvalue weighted by Crippen LogP contribution is -2.34. The van der Waals surface area contributed by atoms with Gasteiger partial charge in [-0.1, -0.05) is 25.1 Å². The van der Waals surface area contributed by atoms with Crippen LogP contribution in [0.25, 0.3) is 0 Å². The number of ether oxygens (including phenoxy) is 1. The summed E-state index contributed by atoms with van der Waals surface area (Å²) in [6.07, 6.45) is -4.48. The van der Waals surface area contributed by atoms with Crippen LogP contribution in [-0.2, 0) is 11.2 Å². The molecule has 0 heterocycles. The molecule has 0 aliphatic heterocycles. The highest BCUT2D eigenvalue weighted by atomic mass is 19.4. The zero-order chi connectivity index (χ0) is 15.2. The van der Waals surface area contributed by atoms with E-state index in [1.54, 1.807) is 13.0 Å². The number of carbonyl (C=O) groups is 1. The van der Waals surface area contributed by atoms with E-state index >= 15 is 0 Å². The maximum Gasteiger partial charge on any atom is 0.573 e. The summed E-state index contributed by atoms with van der Waals surface area (Å²) in [5.41, 5.74) is 5.72. The average Bonchev–Trinajstić information content (AvgIpc) is 2.38. The van der Waals surface area contributed by atoms with Crippen molar-refractivity contribution >= 4 is 5.91 Å². The van der Waals surface area contributed by atoms with Gasteiger partial charge in [-0.3, -0.25) is 4.79 Å². The molecule has 0 bridgehead atoms. The van der Waals surface area contributed by atoms with Gasteiger partial charge in [0.15, 0.2) is 0 Å². The molecule has 1 unspecified atom stereocenters. The highest BCUT2D eigenvalue weighted by Gasteiger charge is 2.31. The van der Waals surface area contributed by atoms with Gasteiger partial charge in [-0.2, -0.15) is 0 Å². The summed E-state index contributed by atoms with van der Waals surface area (Å²) in [4.78, 5) is 11.5. The van der Waals surface area contributed by atoms with Crippen molar-refractivity contribution < 1.29 is 22.7 Å². The van der Waals surface area contributed by atoms with Gasteiger partial charge in [0.1, 0.15) is 5.75 Å².